The summed E-state index contributed by atoms with van der Waals surface area (Å²) in [5.41, 5.74) is 1.23. The average molecular weight is 232 g/mol. The minimum absolute atomic E-state index is 0.201. The maximum absolute atomic E-state index is 11.9. The SMILES string of the molecule is Cc1ncccc1C(=O)NC(C)c1nn[nH]n1. The Morgan fingerprint density at radius 3 is 3.00 bits per heavy atom. The first-order chi connectivity index (χ1) is 8.18. The molecular weight excluding hydrogens is 220 g/mol. The largest absolute Gasteiger partial charge is 0.342 e. The fourth-order valence-corrected chi connectivity index (χ4v) is 1.42. The number of aromatic amines is 1. The number of amides is 1. The number of tetrazole rings is 1. The zero-order valence-corrected chi connectivity index (χ0v) is 9.51. The quantitative estimate of drug-likeness (QED) is 0.798. The molecule has 7 nitrogen and oxygen atoms in total. The van der Waals surface area contributed by atoms with E-state index >= 15 is 0 Å². The first-order valence-corrected chi connectivity index (χ1v) is 5.14. The summed E-state index contributed by atoms with van der Waals surface area (Å²) in [7, 11) is 0. The Labute approximate surface area is 97.7 Å². The fourth-order valence-electron chi connectivity index (χ4n) is 1.42. The third-order valence-electron chi connectivity index (χ3n) is 2.35. The highest BCUT2D eigenvalue weighted by Gasteiger charge is 2.16. The van der Waals surface area contributed by atoms with E-state index in [0.717, 1.165) is 0 Å². The van der Waals surface area contributed by atoms with E-state index in [-0.39, 0.29) is 11.9 Å². The van der Waals surface area contributed by atoms with Crippen molar-refractivity contribution in [2.45, 2.75) is 19.9 Å². The third-order valence-corrected chi connectivity index (χ3v) is 2.35. The van der Waals surface area contributed by atoms with E-state index in [0.29, 0.717) is 17.1 Å². The molecule has 0 aliphatic carbocycles. The first kappa shape index (κ1) is 11.2. The fraction of sp³-hybridized carbons (Fsp3) is 0.300. The molecule has 0 radical (unpaired) electrons. The molecule has 0 saturated carbocycles. The maximum atomic E-state index is 11.9. The molecule has 0 spiro atoms. The molecule has 0 aliphatic rings. The van der Waals surface area contributed by atoms with Gasteiger partial charge in [0, 0.05) is 11.9 Å². The Morgan fingerprint density at radius 2 is 2.35 bits per heavy atom. The van der Waals surface area contributed by atoms with Crippen LogP contribution in [0.1, 0.15) is 34.8 Å². The molecule has 17 heavy (non-hydrogen) atoms. The molecule has 2 aromatic heterocycles. The molecular formula is C10H12N6O. The Morgan fingerprint density at radius 1 is 1.53 bits per heavy atom. The Hall–Kier alpha value is -2.31. The van der Waals surface area contributed by atoms with Crippen LogP contribution in [0.25, 0.3) is 0 Å². The third kappa shape index (κ3) is 2.44. The molecule has 1 atom stereocenters. The van der Waals surface area contributed by atoms with Gasteiger partial charge in [-0.1, -0.05) is 5.21 Å². The van der Waals surface area contributed by atoms with Crippen molar-refractivity contribution in [1.82, 2.24) is 30.9 Å². The number of aryl methyl sites for hydroxylation is 1. The van der Waals surface area contributed by atoms with E-state index in [4.69, 9.17) is 0 Å². The highest BCUT2D eigenvalue weighted by atomic mass is 16.1. The summed E-state index contributed by atoms with van der Waals surface area (Å²) in [6, 6.07) is 3.14. The molecule has 7 heteroatoms. The van der Waals surface area contributed by atoms with Gasteiger partial charge in [-0.15, -0.1) is 10.2 Å². The number of pyridine rings is 1. The van der Waals surface area contributed by atoms with Gasteiger partial charge in [-0.3, -0.25) is 9.78 Å². The van der Waals surface area contributed by atoms with Crippen molar-refractivity contribution in [2.75, 3.05) is 0 Å². The highest BCUT2D eigenvalue weighted by Crippen LogP contribution is 2.08. The second-order valence-corrected chi connectivity index (χ2v) is 3.60. The molecule has 0 aliphatic heterocycles. The van der Waals surface area contributed by atoms with Crippen molar-refractivity contribution < 1.29 is 4.79 Å². The summed E-state index contributed by atoms with van der Waals surface area (Å²) in [5, 5.41) is 16.2. The van der Waals surface area contributed by atoms with Crippen molar-refractivity contribution in [1.29, 1.82) is 0 Å². The lowest BCUT2D eigenvalue weighted by molar-refractivity contribution is 0.0937. The lowest BCUT2D eigenvalue weighted by Gasteiger charge is -2.10. The maximum Gasteiger partial charge on any atom is 0.253 e. The number of hydrogen-bond donors (Lipinski definition) is 2. The van der Waals surface area contributed by atoms with Crippen LogP contribution in [0.4, 0.5) is 0 Å². The van der Waals surface area contributed by atoms with Crippen LogP contribution in [-0.2, 0) is 0 Å². The molecule has 1 amide bonds. The number of nitrogens with zero attached hydrogens (tertiary/aromatic N) is 4. The standard InChI is InChI=1S/C10H12N6O/c1-6-8(4-3-5-11-6)10(17)12-7(2)9-13-15-16-14-9/h3-5,7H,1-2H3,(H,12,17)(H,13,14,15,16). The van der Waals surface area contributed by atoms with Gasteiger partial charge in [-0.2, -0.15) is 5.21 Å². The van der Waals surface area contributed by atoms with Crippen LogP contribution in [-0.4, -0.2) is 31.5 Å². The lowest BCUT2D eigenvalue weighted by atomic mass is 10.2. The van der Waals surface area contributed by atoms with Gasteiger partial charge >= 0.3 is 0 Å². The van der Waals surface area contributed by atoms with Crippen LogP contribution in [0.3, 0.4) is 0 Å². The number of aromatic nitrogens is 5. The van der Waals surface area contributed by atoms with Gasteiger partial charge in [0.2, 0.25) is 0 Å². The lowest BCUT2D eigenvalue weighted by Crippen LogP contribution is -2.28. The van der Waals surface area contributed by atoms with Gasteiger partial charge in [0.25, 0.3) is 5.91 Å². The zero-order valence-electron chi connectivity index (χ0n) is 9.51. The monoisotopic (exact) mass is 232 g/mol. The van der Waals surface area contributed by atoms with Gasteiger partial charge in [0.15, 0.2) is 5.82 Å². The molecule has 0 fully saturated rings. The summed E-state index contributed by atoms with van der Waals surface area (Å²) in [4.78, 5) is 16.0. The van der Waals surface area contributed by atoms with Crippen LogP contribution in [0.15, 0.2) is 18.3 Å². The minimum atomic E-state index is -0.305. The van der Waals surface area contributed by atoms with Crippen molar-refractivity contribution in [3.8, 4) is 0 Å². The smallest absolute Gasteiger partial charge is 0.253 e. The van der Waals surface area contributed by atoms with Crippen LogP contribution in [0.5, 0.6) is 0 Å². The number of H-pyrrole nitrogens is 1. The average Bonchev–Trinajstić information content (AvgIpc) is 2.82. The van der Waals surface area contributed by atoms with Gasteiger partial charge in [0.1, 0.15) is 0 Å². The second kappa shape index (κ2) is 4.69. The van der Waals surface area contributed by atoms with Gasteiger partial charge in [-0.25, -0.2) is 0 Å². The molecule has 2 heterocycles. The normalized spacial score (nSPS) is 12.1. The molecule has 2 rings (SSSR count). The van der Waals surface area contributed by atoms with Crippen molar-refractivity contribution in [3.05, 3.63) is 35.4 Å². The van der Waals surface area contributed by atoms with Crippen LogP contribution < -0.4 is 5.32 Å². The topological polar surface area (TPSA) is 96.5 Å². The summed E-state index contributed by atoms with van der Waals surface area (Å²) in [6.07, 6.45) is 1.65. The van der Waals surface area contributed by atoms with Crippen LogP contribution >= 0.6 is 0 Å². The van der Waals surface area contributed by atoms with E-state index in [9.17, 15) is 4.79 Å². The van der Waals surface area contributed by atoms with Gasteiger partial charge in [-0.05, 0) is 26.0 Å². The number of hydrogen-bond acceptors (Lipinski definition) is 5. The number of nitrogens with one attached hydrogen (secondary N) is 2. The summed E-state index contributed by atoms with van der Waals surface area (Å²) < 4.78 is 0. The zero-order chi connectivity index (χ0) is 12.3. The van der Waals surface area contributed by atoms with Crippen molar-refractivity contribution in [3.63, 3.8) is 0 Å². The van der Waals surface area contributed by atoms with Crippen molar-refractivity contribution in [2.24, 2.45) is 0 Å². The number of rotatable bonds is 3. The summed E-state index contributed by atoms with van der Waals surface area (Å²) in [5.74, 6) is 0.243. The van der Waals surface area contributed by atoms with Crippen molar-refractivity contribution >= 4 is 5.91 Å². The predicted octanol–water partition coefficient (Wildman–Crippen LogP) is 0.394. The second-order valence-electron chi connectivity index (χ2n) is 3.60. The van der Waals surface area contributed by atoms with Crippen LogP contribution in [0.2, 0.25) is 0 Å². The molecule has 2 aromatic rings. The van der Waals surface area contributed by atoms with Crippen LogP contribution in [0, 0.1) is 6.92 Å². The van der Waals surface area contributed by atoms with Gasteiger partial charge in [0.05, 0.1) is 11.6 Å². The Kier molecular flexibility index (Phi) is 3.08. The summed E-state index contributed by atoms with van der Waals surface area (Å²) >= 11 is 0. The Balaban J connectivity index is 2.10. The molecule has 0 aromatic carbocycles. The Bertz CT molecular complexity index is 509. The van der Waals surface area contributed by atoms with E-state index in [1.54, 1.807) is 32.2 Å². The predicted molar refractivity (Wildman–Crippen MR) is 59.0 cm³/mol. The van der Waals surface area contributed by atoms with Gasteiger partial charge < -0.3 is 5.32 Å². The molecule has 1 unspecified atom stereocenters. The summed E-state index contributed by atoms with van der Waals surface area (Å²) in [6.45, 7) is 3.57. The van der Waals surface area contributed by atoms with E-state index in [1.165, 1.54) is 0 Å². The number of carbonyl (C=O) groups is 1. The molecule has 2 N–H and O–H groups in total. The molecule has 88 valence electrons. The highest BCUT2D eigenvalue weighted by molar-refractivity contribution is 5.95. The van der Waals surface area contributed by atoms with E-state index in [2.05, 4.69) is 30.9 Å². The minimum Gasteiger partial charge on any atom is -0.342 e. The first-order valence-electron chi connectivity index (χ1n) is 5.14. The number of carbonyl (C=O) groups excluding carboxylic acids is 1. The molecule has 0 saturated heterocycles. The molecule has 0 bridgehead atoms. The van der Waals surface area contributed by atoms with E-state index in [1.807, 2.05) is 0 Å². The van der Waals surface area contributed by atoms with E-state index < -0.39 is 0 Å².